The van der Waals surface area contributed by atoms with Crippen LogP contribution in [0.15, 0.2) is 77.8 Å². The molecule has 2 aliphatic rings. The van der Waals surface area contributed by atoms with Crippen LogP contribution in [0.3, 0.4) is 0 Å². The fourth-order valence-electron chi connectivity index (χ4n) is 5.03. The van der Waals surface area contributed by atoms with Crippen LogP contribution in [0.2, 0.25) is 0 Å². The number of rotatable bonds is 4. The van der Waals surface area contributed by atoms with E-state index in [0.717, 1.165) is 12.1 Å². The van der Waals surface area contributed by atoms with Gasteiger partial charge >= 0.3 is 6.18 Å². The normalized spacial score (nSPS) is 17.1. The van der Waals surface area contributed by atoms with Gasteiger partial charge in [0, 0.05) is 30.5 Å². The number of halogens is 4. The van der Waals surface area contributed by atoms with Gasteiger partial charge < -0.3 is 16.0 Å². The largest absolute Gasteiger partial charge is 0.416 e. The predicted molar refractivity (Wildman–Crippen MR) is 156 cm³/mol. The fourth-order valence-corrected chi connectivity index (χ4v) is 6.15. The number of carbonyl (C=O) groups is 1. The summed E-state index contributed by atoms with van der Waals surface area (Å²) in [7, 11) is -3.71. The highest BCUT2D eigenvalue weighted by Crippen LogP contribution is 2.50. The molecule has 6 rings (SSSR count). The Morgan fingerprint density at radius 1 is 0.977 bits per heavy atom. The zero-order valence-corrected chi connectivity index (χ0v) is 23.8. The second-order valence-electron chi connectivity index (χ2n) is 10.6. The minimum absolute atomic E-state index is 0.0941. The van der Waals surface area contributed by atoms with Crippen molar-refractivity contribution in [3.8, 4) is 11.1 Å². The third-order valence-electron chi connectivity index (χ3n) is 7.58. The number of hydrogen-bond donors (Lipinski definition) is 4. The molecule has 0 radical (unpaired) electrons. The van der Waals surface area contributed by atoms with Crippen molar-refractivity contribution in [1.82, 2.24) is 14.7 Å². The summed E-state index contributed by atoms with van der Waals surface area (Å²) in [5.74, 6) is -0.771. The van der Waals surface area contributed by atoms with Crippen LogP contribution in [-0.2, 0) is 26.4 Å². The molecule has 2 heterocycles. The molecule has 1 aromatic heterocycles. The maximum atomic E-state index is 15.4. The zero-order valence-electron chi connectivity index (χ0n) is 23.0. The maximum Gasteiger partial charge on any atom is 0.416 e. The van der Waals surface area contributed by atoms with Crippen LogP contribution >= 0.6 is 0 Å². The average Bonchev–Trinajstić information content (AvgIpc) is 3.80. The molecule has 3 aromatic carbocycles. The van der Waals surface area contributed by atoms with Gasteiger partial charge in [-0.25, -0.2) is 22.5 Å². The molecule has 1 aliphatic heterocycles. The van der Waals surface area contributed by atoms with E-state index in [9.17, 15) is 26.4 Å². The van der Waals surface area contributed by atoms with E-state index in [2.05, 4.69) is 30.6 Å². The Morgan fingerprint density at radius 2 is 1.77 bits per heavy atom. The second-order valence-corrected chi connectivity index (χ2v) is 12.4. The first-order valence-corrected chi connectivity index (χ1v) is 15.2. The predicted octanol–water partition coefficient (Wildman–Crippen LogP) is 5.81. The van der Waals surface area contributed by atoms with Gasteiger partial charge in [-0.05, 0) is 66.8 Å². The average molecular weight is 627 g/mol. The summed E-state index contributed by atoms with van der Waals surface area (Å²) in [6, 6.07) is 15.0. The lowest BCUT2D eigenvalue weighted by Gasteiger charge is -2.18. The number of hydrogen-bond acceptors (Lipinski definition) is 7. The molecule has 0 atom stereocenters. The quantitative estimate of drug-likeness (QED) is 0.211. The molecule has 1 saturated carbocycles. The Morgan fingerprint density at radius 3 is 2.52 bits per heavy atom. The highest BCUT2D eigenvalue weighted by molar-refractivity contribution is 7.89. The van der Waals surface area contributed by atoms with Crippen molar-refractivity contribution in [2.75, 3.05) is 29.0 Å². The molecule has 4 bridgehead atoms. The van der Waals surface area contributed by atoms with Gasteiger partial charge in [-0.1, -0.05) is 30.3 Å². The van der Waals surface area contributed by atoms with Gasteiger partial charge in [0.05, 0.1) is 21.6 Å². The van der Waals surface area contributed by atoms with Crippen LogP contribution in [0.5, 0.6) is 0 Å². The number of carbonyl (C=O) groups excluding carboxylic acids is 1. The molecule has 1 aliphatic carbocycles. The number of fused-ring (bicyclic) bond motifs is 4. The van der Waals surface area contributed by atoms with Crippen LogP contribution < -0.4 is 20.7 Å². The van der Waals surface area contributed by atoms with Crippen molar-refractivity contribution in [1.29, 1.82) is 0 Å². The zero-order chi connectivity index (χ0) is 31.1. The number of nitrogens with one attached hydrogen (secondary N) is 4. The van der Waals surface area contributed by atoms with E-state index in [1.807, 2.05) is 0 Å². The first kappa shape index (κ1) is 29.5. The molecule has 1 fully saturated rings. The second kappa shape index (κ2) is 11.2. The number of nitrogens with zero attached hydrogens (tertiary/aromatic N) is 2. The third-order valence-corrected chi connectivity index (χ3v) is 9.04. The summed E-state index contributed by atoms with van der Waals surface area (Å²) in [5, 5.41) is 8.69. The fraction of sp³-hybridized carbons (Fsp3) is 0.233. The number of sulfonamides is 1. The molecule has 4 aromatic rings. The first-order valence-electron chi connectivity index (χ1n) is 13.7. The van der Waals surface area contributed by atoms with Crippen molar-refractivity contribution in [2.24, 2.45) is 0 Å². The van der Waals surface area contributed by atoms with E-state index >= 15 is 4.39 Å². The summed E-state index contributed by atoms with van der Waals surface area (Å²) in [4.78, 5) is 22.1. The monoisotopic (exact) mass is 626 g/mol. The molecule has 228 valence electrons. The molecular formula is C30H26F4N6O3S. The van der Waals surface area contributed by atoms with E-state index in [1.54, 1.807) is 18.2 Å². The maximum absolute atomic E-state index is 15.4. The molecular weight excluding hydrogens is 600 g/mol. The van der Waals surface area contributed by atoms with Crippen molar-refractivity contribution < 1.29 is 30.8 Å². The van der Waals surface area contributed by atoms with Crippen LogP contribution in [0.4, 0.5) is 40.7 Å². The number of amides is 1. The summed E-state index contributed by atoms with van der Waals surface area (Å²) >= 11 is 0. The van der Waals surface area contributed by atoms with Crippen LogP contribution in [-0.4, -0.2) is 37.4 Å². The van der Waals surface area contributed by atoms with Crippen molar-refractivity contribution >= 4 is 39.1 Å². The lowest BCUT2D eigenvalue weighted by atomic mass is 9.93. The lowest BCUT2D eigenvalue weighted by molar-refractivity contribution is -0.137. The summed E-state index contributed by atoms with van der Waals surface area (Å²) < 4.78 is 82.9. The Bertz CT molecular complexity index is 1860. The highest BCUT2D eigenvalue weighted by Gasteiger charge is 2.52. The highest BCUT2D eigenvalue weighted by atomic mass is 32.2. The number of alkyl halides is 3. The number of anilines is 4. The molecule has 0 unspecified atom stereocenters. The Balaban J connectivity index is 1.24. The summed E-state index contributed by atoms with van der Waals surface area (Å²) in [6.45, 7) is 0.517. The van der Waals surface area contributed by atoms with Crippen molar-refractivity contribution in [2.45, 2.75) is 35.7 Å². The molecule has 9 nitrogen and oxygen atoms in total. The molecule has 0 saturated heterocycles. The van der Waals surface area contributed by atoms with Crippen molar-refractivity contribution in [3.05, 3.63) is 89.9 Å². The van der Waals surface area contributed by atoms with Crippen molar-refractivity contribution in [3.63, 3.8) is 0 Å². The van der Waals surface area contributed by atoms with Gasteiger partial charge in [0.1, 0.15) is 11.6 Å². The van der Waals surface area contributed by atoms with Crippen LogP contribution in [0.1, 0.15) is 30.4 Å². The Kier molecular flexibility index (Phi) is 7.49. The van der Waals surface area contributed by atoms with E-state index in [0.29, 0.717) is 48.4 Å². The minimum atomic E-state index is -4.55. The molecule has 4 N–H and O–H groups in total. The van der Waals surface area contributed by atoms with E-state index in [-0.39, 0.29) is 28.6 Å². The Labute approximate surface area is 250 Å². The summed E-state index contributed by atoms with van der Waals surface area (Å²) in [6.07, 6.45) is -1.93. The molecule has 1 amide bonds. The van der Waals surface area contributed by atoms with Gasteiger partial charge in [-0.2, -0.15) is 18.2 Å². The number of benzene rings is 3. The van der Waals surface area contributed by atoms with E-state index in [4.69, 9.17) is 0 Å². The molecule has 44 heavy (non-hydrogen) atoms. The molecule has 14 heteroatoms. The minimum Gasteiger partial charge on any atom is -0.369 e. The van der Waals surface area contributed by atoms with Gasteiger partial charge in [0.25, 0.3) is 0 Å². The SMILES string of the molecule is O=C(Nc1ccc(-c2cnc3nc2NCCCNS(=O)(=O)c2cccc(c2)N3)cc1F)C1(c2cccc(C(F)(F)F)c2)CC1. The smallest absolute Gasteiger partial charge is 0.369 e. The van der Waals surface area contributed by atoms with Gasteiger partial charge in [-0.15, -0.1) is 0 Å². The van der Waals surface area contributed by atoms with Crippen LogP contribution in [0, 0.1) is 5.82 Å². The van der Waals surface area contributed by atoms with E-state index in [1.165, 1.54) is 42.6 Å². The third kappa shape index (κ3) is 5.95. The van der Waals surface area contributed by atoms with Gasteiger partial charge in [0.15, 0.2) is 0 Å². The standard InChI is InChI=1S/C30H26F4N6O3S/c31-24-14-18(8-9-25(24)39-27(41)29(10-11-29)19-4-1-5-20(15-19)30(32,33)34)23-17-36-28-38-21-6-2-7-22(16-21)44(42,43)37-13-3-12-35-26(23)40-28/h1-2,4-9,14-17,37H,3,10-13H2,(H,39,41)(H2,35,36,38,40). The topological polar surface area (TPSA) is 125 Å². The van der Waals surface area contributed by atoms with E-state index < -0.39 is 38.9 Å². The Hall–Kier alpha value is -4.56. The lowest BCUT2D eigenvalue weighted by Crippen LogP contribution is -2.28. The summed E-state index contributed by atoms with van der Waals surface area (Å²) in [5.41, 5.74) is -0.570. The first-order chi connectivity index (χ1) is 20.9. The number of aromatic nitrogens is 2. The van der Waals surface area contributed by atoms with Gasteiger partial charge in [0.2, 0.25) is 21.9 Å². The van der Waals surface area contributed by atoms with Gasteiger partial charge in [-0.3, -0.25) is 4.79 Å². The molecule has 0 spiro atoms. The van der Waals surface area contributed by atoms with Crippen LogP contribution in [0.25, 0.3) is 11.1 Å².